The Morgan fingerprint density at radius 2 is 2.23 bits per heavy atom. The molecule has 1 aromatic heterocycles. The third kappa shape index (κ3) is 1.72. The van der Waals surface area contributed by atoms with Crippen molar-refractivity contribution < 1.29 is 0 Å². The summed E-state index contributed by atoms with van der Waals surface area (Å²) in [7, 11) is 0. The molecule has 0 aromatic carbocycles. The lowest BCUT2D eigenvalue weighted by atomic mass is 9.85. The highest BCUT2D eigenvalue weighted by molar-refractivity contribution is 4.82. The Kier molecular flexibility index (Phi) is 2.59. The number of nitrogens with zero attached hydrogens (tertiary/aromatic N) is 3. The van der Waals surface area contributed by atoms with Crippen LogP contribution in [0, 0.1) is 5.92 Å². The van der Waals surface area contributed by atoms with Crippen LogP contribution in [0.15, 0.2) is 12.4 Å². The molecule has 0 spiro atoms. The van der Waals surface area contributed by atoms with Gasteiger partial charge >= 0.3 is 0 Å². The molecule has 72 valence electrons. The van der Waals surface area contributed by atoms with Crippen molar-refractivity contribution in [1.29, 1.82) is 0 Å². The zero-order valence-electron chi connectivity index (χ0n) is 7.76. The maximum atomic E-state index is 5.74. The average Bonchev–Trinajstić information content (AvgIpc) is 2.70. The van der Waals surface area contributed by atoms with E-state index in [9.17, 15) is 0 Å². The molecule has 0 radical (unpaired) electrons. The van der Waals surface area contributed by atoms with Crippen LogP contribution in [0.2, 0.25) is 0 Å². The fourth-order valence-corrected chi connectivity index (χ4v) is 2.21. The van der Waals surface area contributed by atoms with Crippen molar-refractivity contribution in [2.75, 3.05) is 6.54 Å². The fraction of sp³-hybridized carbons (Fsp3) is 0.778. The quantitative estimate of drug-likeness (QED) is 0.737. The predicted octanol–water partition coefficient (Wildman–Crippen LogP) is 0.968. The van der Waals surface area contributed by atoms with Crippen molar-refractivity contribution in [3.05, 3.63) is 12.4 Å². The summed E-state index contributed by atoms with van der Waals surface area (Å²) >= 11 is 0. The van der Waals surface area contributed by atoms with Crippen LogP contribution >= 0.6 is 0 Å². The van der Waals surface area contributed by atoms with E-state index >= 15 is 0 Å². The Hall–Kier alpha value is -0.900. The molecule has 2 atom stereocenters. The summed E-state index contributed by atoms with van der Waals surface area (Å²) in [6, 6.07) is 0.487. The standard InChI is InChI=1S/C9H16N4/c10-7-8-3-1-2-4-9(8)13-6-5-11-12-13/h5-6,8-9H,1-4,7,10H2. The molecule has 2 rings (SSSR count). The van der Waals surface area contributed by atoms with E-state index in [2.05, 4.69) is 10.3 Å². The molecule has 13 heavy (non-hydrogen) atoms. The Labute approximate surface area is 78.1 Å². The zero-order valence-corrected chi connectivity index (χ0v) is 7.76. The number of hydrogen-bond donors (Lipinski definition) is 1. The van der Waals surface area contributed by atoms with Gasteiger partial charge in [-0.2, -0.15) is 0 Å². The summed E-state index contributed by atoms with van der Waals surface area (Å²) in [6.07, 6.45) is 8.72. The van der Waals surface area contributed by atoms with Gasteiger partial charge in [0.1, 0.15) is 0 Å². The van der Waals surface area contributed by atoms with Crippen molar-refractivity contribution in [2.24, 2.45) is 11.7 Å². The van der Waals surface area contributed by atoms with Crippen LogP contribution in [0.4, 0.5) is 0 Å². The van der Waals surface area contributed by atoms with Crippen LogP contribution in [-0.2, 0) is 0 Å². The van der Waals surface area contributed by atoms with Gasteiger partial charge in [0.2, 0.25) is 0 Å². The molecular formula is C9H16N4. The lowest BCUT2D eigenvalue weighted by Crippen LogP contribution is -2.29. The summed E-state index contributed by atoms with van der Waals surface area (Å²) in [5.74, 6) is 0.593. The fourth-order valence-electron chi connectivity index (χ4n) is 2.21. The monoisotopic (exact) mass is 180 g/mol. The van der Waals surface area contributed by atoms with Crippen LogP contribution < -0.4 is 5.73 Å². The normalized spacial score (nSPS) is 29.0. The van der Waals surface area contributed by atoms with Gasteiger partial charge in [-0.05, 0) is 25.3 Å². The molecule has 4 heteroatoms. The number of rotatable bonds is 2. The Bertz CT molecular complexity index is 244. The van der Waals surface area contributed by atoms with Gasteiger partial charge in [-0.25, -0.2) is 4.68 Å². The van der Waals surface area contributed by atoms with Crippen LogP contribution in [0.1, 0.15) is 31.7 Å². The average molecular weight is 180 g/mol. The highest BCUT2D eigenvalue weighted by atomic mass is 15.4. The molecule has 0 aliphatic heterocycles. The molecule has 1 aromatic rings. The molecule has 1 aliphatic rings. The largest absolute Gasteiger partial charge is 0.330 e. The molecular weight excluding hydrogens is 164 g/mol. The van der Waals surface area contributed by atoms with Crippen LogP contribution in [0.5, 0.6) is 0 Å². The smallest absolute Gasteiger partial charge is 0.0693 e. The topological polar surface area (TPSA) is 56.7 Å². The summed E-state index contributed by atoms with van der Waals surface area (Å²) in [6.45, 7) is 0.768. The van der Waals surface area contributed by atoms with Gasteiger partial charge < -0.3 is 5.73 Å². The molecule has 2 unspecified atom stereocenters. The molecule has 2 N–H and O–H groups in total. The summed E-state index contributed by atoms with van der Waals surface area (Å²) in [5.41, 5.74) is 5.74. The Morgan fingerprint density at radius 1 is 1.38 bits per heavy atom. The van der Waals surface area contributed by atoms with Gasteiger partial charge in [0.25, 0.3) is 0 Å². The third-order valence-electron chi connectivity index (χ3n) is 2.95. The van der Waals surface area contributed by atoms with E-state index < -0.39 is 0 Å². The van der Waals surface area contributed by atoms with Gasteiger partial charge in [-0.3, -0.25) is 0 Å². The zero-order chi connectivity index (χ0) is 9.10. The molecule has 0 bridgehead atoms. The maximum absolute atomic E-state index is 5.74. The van der Waals surface area contributed by atoms with Crippen LogP contribution in [0.3, 0.4) is 0 Å². The van der Waals surface area contributed by atoms with Gasteiger partial charge in [0, 0.05) is 6.20 Å². The summed E-state index contributed by atoms with van der Waals surface area (Å²) in [4.78, 5) is 0. The summed E-state index contributed by atoms with van der Waals surface area (Å²) < 4.78 is 1.97. The van der Waals surface area contributed by atoms with E-state index in [1.807, 2.05) is 10.9 Å². The molecule has 1 fully saturated rings. The van der Waals surface area contributed by atoms with Gasteiger partial charge in [-0.1, -0.05) is 18.1 Å². The second kappa shape index (κ2) is 3.87. The van der Waals surface area contributed by atoms with Crippen LogP contribution in [-0.4, -0.2) is 21.5 Å². The van der Waals surface area contributed by atoms with E-state index in [-0.39, 0.29) is 0 Å². The Morgan fingerprint density at radius 3 is 2.92 bits per heavy atom. The second-order valence-corrected chi connectivity index (χ2v) is 3.73. The van der Waals surface area contributed by atoms with Crippen LogP contribution in [0.25, 0.3) is 0 Å². The molecule has 0 saturated heterocycles. The molecule has 1 heterocycles. The minimum Gasteiger partial charge on any atom is -0.330 e. The minimum absolute atomic E-state index is 0.487. The number of aromatic nitrogens is 3. The minimum atomic E-state index is 0.487. The lowest BCUT2D eigenvalue weighted by Gasteiger charge is -2.30. The Balaban J connectivity index is 2.11. The first-order valence-electron chi connectivity index (χ1n) is 4.97. The first-order valence-corrected chi connectivity index (χ1v) is 4.97. The predicted molar refractivity (Wildman–Crippen MR) is 50.1 cm³/mol. The molecule has 4 nitrogen and oxygen atoms in total. The summed E-state index contributed by atoms with van der Waals surface area (Å²) in [5, 5.41) is 7.89. The van der Waals surface area contributed by atoms with Crippen molar-refractivity contribution in [3.63, 3.8) is 0 Å². The second-order valence-electron chi connectivity index (χ2n) is 3.73. The first-order chi connectivity index (χ1) is 6.42. The van der Waals surface area contributed by atoms with Gasteiger partial charge in [-0.15, -0.1) is 5.10 Å². The van der Waals surface area contributed by atoms with Crippen molar-refractivity contribution >= 4 is 0 Å². The van der Waals surface area contributed by atoms with E-state index in [0.717, 1.165) is 6.54 Å². The van der Waals surface area contributed by atoms with Crippen molar-refractivity contribution in [1.82, 2.24) is 15.0 Å². The molecule has 1 aliphatic carbocycles. The number of nitrogens with two attached hydrogens (primary N) is 1. The first kappa shape index (κ1) is 8.69. The third-order valence-corrected chi connectivity index (χ3v) is 2.95. The molecule has 1 saturated carbocycles. The van der Waals surface area contributed by atoms with Crippen molar-refractivity contribution in [2.45, 2.75) is 31.7 Å². The van der Waals surface area contributed by atoms with E-state index in [1.165, 1.54) is 25.7 Å². The van der Waals surface area contributed by atoms with E-state index in [1.54, 1.807) is 6.20 Å². The SMILES string of the molecule is NCC1CCCCC1n1ccnn1. The van der Waals surface area contributed by atoms with E-state index in [0.29, 0.717) is 12.0 Å². The van der Waals surface area contributed by atoms with Gasteiger partial charge in [0.05, 0.1) is 12.2 Å². The molecule has 0 amide bonds. The maximum Gasteiger partial charge on any atom is 0.0693 e. The highest BCUT2D eigenvalue weighted by Gasteiger charge is 2.25. The lowest BCUT2D eigenvalue weighted by molar-refractivity contribution is 0.226. The van der Waals surface area contributed by atoms with Crippen molar-refractivity contribution in [3.8, 4) is 0 Å². The van der Waals surface area contributed by atoms with E-state index in [4.69, 9.17) is 5.73 Å². The highest BCUT2D eigenvalue weighted by Crippen LogP contribution is 2.32. The van der Waals surface area contributed by atoms with Gasteiger partial charge in [0.15, 0.2) is 0 Å². The number of hydrogen-bond acceptors (Lipinski definition) is 3.